The van der Waals surface area contributed by atoms with E-state index in [-0.39, 0.29) is 0 Å². The highest BCUT2D eigenvalue weighted by Crippen LogP contribution is 2.17. The van der Waals surface area contributed by atoms with Crippen LogP contribution in [0.1, 0.15) is 22.5 Å². The molecule has 3 heteroatoms. The molecule has 0 bridgehead atoms. The molecule has 0 aliphatic rings. The first-order valence-corrected chi connectivity index (χ1v) is 5.85. The van der Waals surface area contributed by atoms with Gasteiger partial charge in [0.2, 0.25) is 0 Å². The topological polar surface area (TPSA) is 17.8 Å². The molecule has 0 spiro atoms. The van der Waals surface area contributed by atoms with Crippen molar-refractivity contribution < 1.29 is 0 Å². The molecule has 0 saturated heterocycles. The Morgan fingerprint density at radius 1 is 1.12 bits per heavy atom. The molecule has 0 aliphatic carbocycles. The lowest BCUT2D eigenvalue weighted by Crippen LogP contribution is -1.99. The number of nitrogens with zero attached hydrogens (tertiary/aromatic N) is 2. The fraction of sp³-hybridized carbons (Fsp3) is 0.308. The van der Waals surface area contributed by atoms with E-state index in [0.717, 1.165) is 16.9 Å². The summed E-state index contributed by atoms with van der Waals surface area (Å²) in [6.07, 6.45) is 0. The van der Waals surface area contributed by atoms with Crippen molar-refractivity contribution in [1.29, 1.82) is 0 Å². The molecule has 1 aromatic heterocycles. The number of rotatable bonds is 2. The molecule has 0 fully saturated rings. The van der Waals surface area contributed by atoms with E-state index < -0.39 is 0 Å². The summed E-state index contributed by atoms with van der Waals surface area (Å²) in [7, 11) is 0. The van der Waals surface area contributed by atoms with Gasteiger partial charge < -0.3 is 0 Å². The summed E-state index contributed by atoms with van der Waals surface area (Å²) in [6, 6.07) is 8.18. The molecule has 0 radical (unpaired) electrons. The lowest BCUT2D eigenvalue weighted by Gasteiger charge is -2.05. The normalized spacial score (nSPS) is 10.8. The lowest BCUT2D eigenvalue weighted by atomic mass is 10.2. The summed E-state index contributed by atoms with van der Waals surface area (Å²) in [5.74, 6) is 0.552. The number of benzene rings is 1. The average molecular weight is 235 g/mol. The van der Waals surface area contributed by atoms with Crippen LogP contribution in [0.4, 0.5) is 0 Å². The summed E-state index contributed by atoms with van der Waals surface area (Å²) in [6.45, 7) is 6.22. The van der Waals surface area contributed by atoms with Crippen molar-refractivity contribution in [2.45, 2.75) is 26.7 Å². The minimum absolute atomic E-state index is 0.552. The molecular formula is C13H15ClN2. The van der Waals surface area contributed by atoms with Crippen LogP contribution >= 0.6 is 11.6 Å². The molecule has 1 aromatic carbocycles. The zero-order chi connectivity index (χ0) is 11.7. The van der Waals surface area contributed by atoms with Gasteiger partial charge in [0.05, 0.1) is 11.4 Å². The van der Waals surface area contributed by atoms with Crippen LogP contribution in [0.15, 0.2) is 24.3 Å². The number of halogens is 1. The van der Waals surface area contributed by atoms with Crippen LogP contribution in [-0.2, 0) is 5.88 Å². The predicted molar refractivity (Wildman–Crippen MR) is 67.3 cm³/mol. The molecule has 0 N–H and O–H groups in total. The van der Waals surface area contributed by atoms with Gasteiger partial charge in [-0.15, -0.1) is 11.6 Å². The maximum atomic E-state index is 5.76. The molecule has 2 nitrogen and oxygen atoms in total. The van der Waals surface area contributed by atoms with Crippen molar-refractivity contribution in [2.75, 3.05) is 0 Å². The van der Waals surface area contributed by atoms with Gasteiger partial charge in [-0.2, -0.15) is 5.10 Å². The minimum Gasteiger partial charge on any atom is -0.238 e. The van der Waals surface area contributed by atoms with E-state index in [1.807, 2.05) is 23.7 Å². The van der Waals surface area contributed by atoms with Crippen molar-refractivity contribution in [3.05, 3.63) is 46.8 Å². The van der Waals surface area contributed by atoms with Gasteiger partial charge >= 0.3 is 0 Å². The van der Waals surface area contributed by atoms with Gasteiger partial charge in [-0.25, -0.2) is 4.68 Å². The maximum absolute atomic E-state index is 5.76. The van der Waals surface area contributed by atoms with Crippen LogP contribution < -0.4 is 0 Å². The Kier molecular flexibility index (Phi) is 3.01. The third-order valence-corrected chi connectivity index (χ3v) is 3.30. The summed E-state index contributed by atoms with van der Waals surface area (Å²) in [4.78, 5) is 0. The number of alkyl halides is 1. The first-order valence-electron chi connectivity index (χ1n) is 5.31. The van der Waals surface area contributed by atoms with E-state index in [4.69, 9.17) is 11.6 Å². The Morgan fingerprint density at radius 3 is 2.19 bits per heavy atom. The van der Waals surface area contributed by atoms with Gasteiger partial charge in [0.25, 0.3) is 0 Å². The van der Waals surface area contributed by atoms with E-state index in [9.17, 15) is 0 Å². The van der Waals surface area contributed by atoms with E-state index in [2.05, 4.69) is 31.1 Å². The quantitative estimate of drug-likeness (QED) is 0.727. The number of aryl methyl sites for hydroxylation is 1. The Morgan fingerprint density at radius 2 is 1.75 bits per heavy atom. The van der Waals surface area contributed by atoms with Gasteiger partial charge in [-0.05, 0) is 44.0 Å². The largest absolute Gasteiger partial charge is 0.238 e. The second-order valence-corrected chi connectivity index (χ2v) is 4.27. The van der Waals surface area contributed by atoms with E-state index in [0.29, 0.717) is 5.88 Å². The van der Waals surface area contributed by atoms with E-state index in [1.165, 1.54) is 11.3 Å². The lowest BCUT2D eigenvalue weighted by molar-refractivity contribution is 0.832. The van der Waals surface area contributed by atoms with Crippen molar-refractivity contribution in [3.63, 3.8) is 0 Å². The van der Waals surface area contributed by atoms with Crippen LogP contribution in [0.2, 0.25) is 0 Å². The van der Waals surface area contributed by atoms with Gasteiger partial charge in [0.1, 0.15) is 0 Å². The smallest absolute Gasteiger partial charge is 0.0649 e. The summed E-state index contributed by atoms with van der Waals surface area (Å²) < 4.78 is 1.97. The number of aromatic nitrogens is 2. The predicted octanol–water partition coefficient (Wildman–Crippen LogP) is 3.54. The highest BCUT2D eigenvalue weighted by atomic mass is 35.5. The molecule has 0 amide bonds. The molecule has 1 heterocycles. The summed E-state index contributed by atoms with van der Waals surface area (Å²) in [5, 5.41) is 4.52. The van der Waals surface area contributed by atoms with Crippen molar-refractivity contribution in [1.82, 2.24) is 9.78 Å². The molecule has 2 aromatic rings. The van der Waals surface area contributed by atoms with Gasteiger partial charge in [0, 0.05) is 11.6 Å². The first kappa shape index (κ1) is 11.2. The van der Waals surface area contributed by atoms with Gasteiger partial charge in [0.15, 0.2) is 0 Å². The fourth-order valence-corrected chi connectivity index (χ4v) is 1.88. The summed E-state index contributed by atoms with van der Waals surface area (Å²) >= 11 is 5.76. The molecule has 0 atom stereocenters. The zero-order valence-electron chi connectivity index (χ0n) is 9.79. The van der Waals surface area contributed by atoms with Crippen molar-refractivity contribution in [2.24, 2.45) is 0 Å². The van der Waals surface area contributed by atoms with Crippen LogP contribution in [0, 0.1) is 20.8 Å². The highest BCUT2D eigenvalue weighted by Gasteiger charge is 2.08. The summed E-state index contributed by atoms with van der Waals surface area (Å²) in [5.41, 5.74) is 5.74. The van der Waals surface area contributed by atoms with Crippen LogP contribution in [0.3, 0.4) is 0 Å². The second kappa shape index (κ2) is 4.30. The third-order valence-electron chi connectivity index (χ3n) is 2.99. The SMILES string of the molecule is Cc1nn(-c2ccc(CCl)cc2)c(C)c1C. The molecule has 0 saturated carbocycles. The number of hydrogen-bond acceptors (Lipinski definition) is 1. The second-order valence-electron chi connectivity index (χ2n) is 4.01. The van der Waals surface area contributed by atoms with Crippen molar-refractivity contribution >= 4 is 11.6 Å². The molecule has 0 unspecified atom stereocenters. The average Bonchev–Trinajstić information content (AvgIpc) is 2.57. The number of hydrogen-bond donors (Lipinski definition) is 0. The Bertz CT molecular complexity index is 497. The van der Waals surface area contributed by atoms with E-state index in [1.54, 1.807) is 0 Å². The fourth-order valence-electron chi connectivity index (χ4n) is 1.70. The first-order chi connectivity index (χ1) is 7.63. The van der Waals surface area contributed by atoms with Crippen LogP contribution in [0.5, 0.6) is 0 Å². The monoisotopic (exact) mass is 234 g/mol. The molecule has 16 heavy (non-hydrogen) atoms. The van der Waals surface area contributed by atoms with Gasteiger partial charge in [-0.1, -0.05) is 12.1 Å². The molecular weight excluding hydrogens is 220 g/mol. The molecule has 0 aliphatic heterocycles. The minimum atomic E-state index is 0.552. The Balaban J connectivity index is 2.46. The highest BCUT2D eigenvalue weighted by molar-refractivity contribution is 6.17. The van der Waals surface area contributed by atoms with Crippen molar-refractivity contribution in [3.8, 4) is 5.69 Å². The molecule has 84 valence electrons. The molecule has 2 rings (SSSR count). The Labute approximate surface area is 101 Å². The van der Waals surface area contributed by atoms with Gasteiger partial charge in [-0.3, -0.25) is 0 Å². The zero-order valence-corrected chi connectivity index (χ0v) is 10.5. The third kappa shape index (κ3) is 1.85. The van der Waals surface area contributed by atoms with E-state index >= 15 is 0 Å². The Hall–Kier alpha value is -1.28. The van der Waals surface area contributed by atoms with Crippen LogP contribution in [0.25, 0.3) is 5.69 Å². The standard InChI is InChI=1S/C13H15ClN2/c1-9-10(2)15-16(11(9)3)13-6-4-12(8-14)5-7-13/h4-7H,8H2,1-3H3. The van der Waals surface area contributed by atoms with Crippen LogP contribution in [-0.4, -0.2) is 9.78 Å². The maximum Gasteiger partial charge on any atom is 0.0649 e.